The minimum absolute atomic E-state index is 0.0211. The van der Waals surface area contributed by atoms with Crippen LogP contribution in [-0.4, -0.2) is 46.6 Å². The molecule has 1 fully saturated rings. The van der Waals surface area contributed by atoms with Gasteiger partial charge in [-0.25, -0.2) is 4.79 Å². The molecule has 0 spiro atoms. The molecule has 0 saturated carbocycles. The minimum Gasteiger partial charge on any atom is -0.324 e. The highest BCUT2D eigenvalue weighted by atomic mass is 16.2. The maximum absolute atomic E-state index is 13.2. The molecule has 6 nitrogen and oxygen atoms in total. The van der Waals surface area contributed by atoms with Gasteiger partial charge in [0.15, 0.2) is 0 Å². The van der Waals surface area contributed by atoms with Gasteiger partial charge in [0, 0.05) is 25.2 Å². The standard InChI is InChI=1S/C22H22N4O2/c27-21-18-15-25(22(28)24-13-7-2-8-14-24)19-12-6-5-11-17(19)20(18)23-26(21)16-9-3-1-4-10-16/h1,3-6,9-12,15,17,19H,2,7-8,13-14H2. The zero-order chi connectivity index (χ0) is 19.1. The summed E-state index contributed by atoms with van der Waals surface area (Å²) in [6.45, 7) is 1.56. The van der Waals surface area contributed by atoms with Crippen LogP contribution >= 0.6 is 0 Å². The van der Waals surface area contributed by atoms with E-state index in [4.69, 9.17) is 0 Å². The Morgan fingerprint density at radius 2 is 1.75 bits per heavy atom. The van der Waals surface area contributed by atoms with Gasteiger partial charge in [0.05, 0.1) is 23.0 Å². The molecular weight excluding hydrogens is 352 g/mol. The van der Waals surface area contributed by atoms with Gasteiger partial charge in [-0.3, -0.25) is 9.69 Å². The Morgan fingerprint density at radius 3 is 2.54 bits per heavy atom. The Morgan fingerprint density at radius 1 is 1.00 bits per heavy atom. The molecule has 2 unspecified atom stereocenters. The third-order valence-electron chi connectivity index (χ3n) is 5.77. The second-order valence-electron chi connectivity index (χ2n) is 7.50. The van der Waals surface area contributed by atoms with Gasteiger partial charge < -0.3 is 4.90 Å². The van der Waals surface area contributed by atoms with Crippen LogP contribution in [0, 0.1) is 5.92 Å². The summed E-state index contributed by atoms with van der Waals surface area (Å²) in [5.41, 5.74) is 1.98. The molecule has 1 aliphatic carbocycles. The third kappa shape index (κ3) is 2.68. The Labute approximate surface area is 164 Å². The number of nitrogens with zero attached hydrogens (tertiary/aromatic N) is 4. The summed E-state index contributed by atoms with van der Waals surface area (Å²) in [7, 11) is 0. The summed E-state index contributed by atoms with van der Waals surface area (Å²) in [4.78, 5) is 30.0. The molecule has 0 bridgehead atoms. The predicted octanol–water partition coefficient (Wildman–Crippen LogP) is 3.31. The summed E-state index contributed by atoms with van der Waals surface area (Å²) in [6.07, 6.45) is 12.9. The highest BCUT2D eigenvalue weighted by Crippen LogP contribution is 2.35. The van der Waals surface area contributed by atoms with E-state index in [2.05, 4.69) is 5.10 Å². The van der Waals surface area contributed by atoms with E-state index in [9.17, 15) is 9.59 Å². The first-order chi connectivity index (χ1) is 13.7. The number of hydrogen-bond donors (Lipinski definition) is 0. The fourth-order valence-corrected chi connectivity index (χ4v) is 4.31. The molecule has 142 valence electrons. The lowest BCUT2D eigenvalue weighted by molar-refractivity contribution is -0.114. The number of allylic oxidation sites excluding steroid dienone is 2. The molecule has 2 atom stereocenters. The van der Waals surface area contributed by atoms with Crippen molar-refractivity contribution in [3.63, 3.8) is 0 Å². The molecule has 3 amide bonds. The van der Waals surface area contributed by atoms with E-state index in [0.717, 1.165) is 37.3 Å². The van der Waals surface area contributed by atoms with E-state index in [-0.39, 0.29) is 23.9 Å². The highest BCUT2D eigenvalue weighted by molar-refractivity contribution is 6.32. The van der Waals surface area contributed by atoms with E-state index in [0.29, 0.717) is 5.57 Å². The van der Waals surface area contributed by atoms with Crippen molar-refractivity contribution in [1.82, 2.24) is 9.80 Å². The summed E-state index contributed by atoms with van der Waals surface area (Å²) < 4.78 is 0. The second-order valence-corrected chi connectivity index (χ2v) is 7.50. The number of fused-ring (bicyclic) bond motifs is 3. The van der Waals surface area contributed by atoms with Crippen LogP contribution < -0.4 is 5.01 Å². The van der Waals surface area contributed by atoms with Crippen LogP contribution in [0.1, 0.15) is 19.3 Å². The number of urea groups is 1. The van der Waals surface area contributed by atoms with Crippen LogP contribution in [0.3, 0.4) is 0 Å². The molecule has 0 radical (unpaired) electrons. The lowest BCUT2D eigenvalue weighted by atomic mass is 9.83. The first-order valence-corrected chi connectivity index (χ1v) is 9.86. The molecule has 1 saturated heterocycles. The van der Waals surface area contributed by atoms with Gasteiger partial charge >= 0.3 is 6.03 Å². The summed E-state index contributed by atoms with van der Waals surface area (Å²) in [6, 6.07) is 9.25. The number of rotatable bonds is 1. The maximum atomic E-state index is 13.2. The molecule has 0 aromatic heterocycles. The largest absolute Gasteiger partial charge is 0.324 e. The summed E-state index contributed by atoms with van der Waals surface area (Å²) in [5.74, 6) is -0.296. The first-order valence-electron chi connectivity index (χ1n) is 9.86. The first kappa shape index (κ1) is 17.0. The molecule has 1 aromatic carbocycles. The smallest absolute Gasteiger partial charge is 0.324 e. The Kier molecular flexibility index (Phi) is 4.11. The van der Waals surface area contributed by atoms with Crippen molar-refractivity contribution >= 4 is 23.3 Å². The molecule has 4 aliphatic rings. The molecule has 1 aromatic rings. The molecule has 0 N–H and O–H groups in total. The van der Waals surface area contributed by atoms with Crippen LogP contribution in [0.15, 0.2) is 71.5 Å². The monoisotopic (exact) mass is 374 g/mol. The lowest BCUT2D eigenvalue weighted by Gasteiger charge is -2.40. The second kappa shape index (κ2) is 6.78. The van der Waals surface area contributed by atoms with Gasteiger partial charge in [0.2, 0.25) is 0 Å². The fraction of sp³-hybridized carbons (Fsp3) is 0.318. The maximum Gasteiger partial charge on any atom is 0.324 e. The lowest BCUT2D eigenvalue weighted by Crippen LogP contribution is -2.52. The van der Waals surface area contributed by atoms with Crippen molar-refractivity contribution in [1.29, 1.82) is 0 Å². The van der Waals surface area contributed by atoms with Crippen molar-refractivity contribution in [3.8, 4) is 0 Å². The number of amides is 3. The summed E-state index contributed by atoms with van der Waals surface area (Å²) in [5, 5.41) is 6.09. The highest BCUT2D eigenvalue weighted by Gasteiger charge is 2.45. The topological polar surface area (TPSA) is 56.2 Å². The van der Waals surface area contributed by atoms with Crippen LogP contribution in [0.2, 0.25) is 0 Å². The van der Waals surface area contributed by atoms with Gasteiger partial charge in [-0.15, -0.1) is 0 Å². The SMILES string of the molecule is O=C1C2=CN(C(=O)N3CCCCC3)C3C=CC=CC3C2=NN1c1ccccc1. The predicted molar refractivity (Wildman–Crippen MR) is 108 cm³/mol. The molecular formula is C22H22N4O2. The van der Waals surface area contributed by atoms with Crippen LogP contribution in [0.5, 0.6) is 0 Å². The van der Waals surface area contributed by atoms with Crippen LogP contribution in [-0.2, 0) is 4.79 Å². The van der Waals surface area contributed by atoms with E-state index in [1.165, 1.54) is 11.4 Å². The summed E-state index contributed by atoms with van der Waals surface area (Å²) >= 11 is 0. The van der Waals surface area contributed by atoms with Gasteiger partial charge in [0.25, 0.3) is 5.91 Å². The molecule has 28 heavy (non-hydrogen) atoms. The van der Waals surface area contributed by atoms with E-state index >= 15 is 0 Å². The van der Waals surface area contributed by atoms with Crippen molar-refractivity contribution in [2.24, 2.45) is 11.0 Å². The number of hydrazone groups is 1. The van der Waals surface area contributed by atoms with E-state index in [1.807, 2.05) is 59.5 Å². The van der Waals surface area contributed by atoms with E-state index in [1.54, 1.807) is 11.1 Å². The number of likely N-dealkylation sites (tertiary alicyclic amines) is 1. The molecule has 3 aliphatic heterocycles. The number of anilines is 1. The Hall–Kier alpha value is -3.15. The van der Waals surface area contributed by atoms with Gasteiger partial charge in [0.1, 0.15) is 0 Å². The third-order valence-corrected chi connectivity index (χ3v) is 5.77. The van der Waals surface area contributed by atoms with Gasteiger partial charge in [-0.2, -0.15) is 10.1 Å². The average molecular weight is 374 g/mol. The van der Waals surface area contributed by atoms with Crippen molar-refractivity contribution in [3.05, 3.63) is 66.4 Å². The minimum atomic E-state index is -0.181. The van der Waals surface area contributed by atoms with Crippen molar-refractivity contribution in [2.45, 2.75) is 25.3 Å². The van der Waals surface area contributed by atoms with Crippen molar-refractivity contribution in [2.75, 3.05) is 18.1 Å². The van der Waals surface area contributed by atoms with Crippen LogP contribution in [0.4, 0.5) is 10.5 Å². The number of piperidine rings is 1. The number of benzene rings is 1. The quantitative estimate of drug-likeness (QED) is 0.757. The van der Waals surface area contributed by atoms with Gasteiger partial charge in [-0.05, 0) is 31.4 Å². The number of hydrogen-bond acceptors (Lipinski definition) is 3. The average Bonchev–Trinajstić information content (AvgIpc) is 3.10. The van der Waals surface area contributed by atoms with Crippen LogP contribution in [0.25, 0.3) is 0 Å². The fourth-order valence-electron chi connectivity index (χ4n) is 4.31. The normalized spacial score (nSPS) is 26.0. The molecule has 3 heterocycles. The van der Waals surface area contributed by atoms with Crippen molar-refractivity contribution < 1.29 is 9.59 Å². The Balaban J connectivity index is 1.53. The molecule has 6 heteroatoms. The number of carbonyl (C=O) groups is 2. The molecule has 5 rings (SSSR count). The zero-order valence-corrected chi connectivity index (χ0v) is 15.6. The number of carbonyl (C=O) groups excluding carboxylic acids is 2. The van der Waals surface area contributed by atoms with E-state index < -0.39 is 0 Å². The van der Waals surface area contributed by atoms with Gasteiger partial charge in [-0.1, -0.05) is 42.5 Å². The zero-order valence-electron chi connectivity index (χ0n) is 15.6. The number of para-hydroxylation sites is 1. The Bertz CT molecular complexity index is 925.